The van der Waals surface area contributed by atoms with Gasteiger partial charge in [0.25, 0.3) is 0 Å². The van der Waals surface area contributed by atoms with Crippen molar-refractivity contribution in [2.75, 3.05) is 11.2 Å². The predicted octanol–water partition coefficient (Wildman–Crippen LogP) is 3.77. The number of hydrogen-bond donors (Lipinski definition) is 2. The van der Waals surface area contributed by atoms with E-state index in [1.165, 1.54) is 34.8 Å². The van der Waals surface area contributed by atoms with Crippen LogP contribution in [0.15, 0.2) is 47.2 Å². The van der Waals surface area contributed by atoms with Crippen LogP contribution in [0.4, 0.5) is 18.9 Å². The van der Waals surface area contributed by atoms with Gasteiger partial charge in [-0.15, -0.1) is 22.7 Å². The molecule has 0 saturated heterocycles. The van der Waals surface area contributed by atoms with Gasteiger partial charge in [-0.2, -0.15) is 17.5 Å². The second-order valence-corrected chi connectivity index (χ2v) is 10.5. The first-order chi connectivity index (χ1) is 15.0. The Morgan fingerprint density at radius 1 is 1.19 bits per heavy atom. The van der Waals surface area contributed by atoms with Gasteiger partial charge < -0.3 is 4.55 Å². The molecule has 0 aliphatic heterocycles. The number of anilines is 1. The van der Waals surface area contributed by atoms with Crippen LogP contribution < -0.4 is 10.2 Å². The summed E-state index contributed by atoms with van der Waals surface area (Å²) in [6, 6.07) is 8.67. The van der Waals surface area contributed by atoms with Crippen LogP contribution in [0, 0.1) is 0 Å². The van der Waals surface area contributed by atoms with Crippen molar-refractivity contribution in [1.29, 1.82) is 0 Å². The van der Waals surface area contributed by atoms with E-state index in [2.05, 4.69) is 19.5 Å². The van der Waals surface area contributed by atoms with Crippen molar-refractivity contribution in [3.63, 3.8) is 0 Å². The summed E-state index contributed by atoms with van der Waals surface area (Å²) in [5.74, 6) is -2.01. The third-order valence-electron chi connectivity index (χ3n) is 3.91. The van der Waals surface area contributed by atoms with Crippen LogP contribution in [0.25, 0.3) is 9.88 Å². The number of thiophene rings is 1. The summed E-state index contributed by atoms with van der Waals surface area (Å²) in [5.41, 5.74) is 3.35. The van der Waals surface area contributed by atoms with E-state index in [1.54, 1.807) is 17.5 Å². The molecule has 0 radical (unpaired) electrons. The number of nitrogens with one attached hydrogen (secondary N) is 2. The molecule has 2 aromatic heterocycles. The largest absolute Gasteiger partial charge is 0.748 e. The number of hydrogen-bond acceptors (Lipinski definition) is 9. The number of sulfonamides is 1. The van der Waals surface area contributed by atoms with E-state index >= 15 is 0 Å². The normalized spacial score (nSPS) is 14.2. The summed E-state index contributed by atoms with van der Waals surface area (Å²) in [4.78, 5) is 5.27. The van der Waals surface area contributed by atoms with E-state index in [1.807, 2.05) is 17.5 Å². The molecule has 0 aliphatic carbocycles. The summed E-state index contributed by atoms with van der Waals surface area (Å²) < 4.78 is 89.5. The Bertz CT molecular complexity index is 1150. The van der Waals surface area contributed by atoms with Crippen molar-refractivity contribution in [1.82, 2.24) is 9.71 Å². The van der Waals surface area contributed by atoms with E-state index in [4.69, 9.17) is 0 Å². The fourth-order valence-corrected chi connectivity index (χ4v) is 5.67. The van der Waals surface area contributed by atoms with E-state index < -0.39 is 39.4 Å². The Balaban J connectivity index is 1.83. The van der Waals surface area contributed by atoms with Crippen LogP contribution in [0.3, 0.4) is 0 Å². The SMILES string of the molecule is O=S([O-])ONc1ccc(C[C@H](NS(=O)(=O)CC(F)(F)F)c2csc(-c3cccs3)n2)cc1. The smallest absolute Gasteiger partial charge is 0.404 e. The van der Waals surface area contributed by atoms with Gasteiger partial charge in [0.05, 0.1) is 22.3 Å². The van der Waals surface area contributed by atoms with Crippen LogP contribution in [-0.4, -0.2) is 34.1 Å². The average molecular weight is 527 g/mol. The van der Waals surface area contributed by atoms with Gasteiger partial charge in [-0.1, -0.05) is 18.2 Å². The molecule has 15 heteroatoms. The maximum Gasteiger partial charge on any atom is 0.404 e. The first kappa shape index (κ1) is 24.8. The van der Waals surface area contributed by atoms with Crippen LogP contribution in [0.5, 0.6) is 0 Å². The van der Waals surface area contributed by atoms with Gasteiger partial charge in [-0.05, 0) is 35.6 Å². The fourth-order valence-electron chi connectivity index (χ4n) is 2.67. The Hall–Kier alpha value is -1.88. The first-order valence-electron chi connectivity index (χ1n) is 8.68. The lowest BCUT2D eigenvalue weighted by Crippen LogP contribution is -2.37. The molecule has 0 fully saturated rings. The van der Waals surface area contributed by atoms with E-state index in [9.17, 15) is 30.4 Å². The van der Waals surface area contributed by atoms with Gasteiger partial charge >= 0.3 is 6.18 Å². The third-order valence-corrected chi connectivity index (χ3v) is 7.38. The van der Waals surface area contributed by atoms with Gasteiger partial charge in [-0.3, -0.25) is 5.48 Å². The molecule has 3 rings (SSSR count). The highest BCUT2D eigenvalue weighted by atomic mass is 32.2. The van der Waals surface area contributed by atoms with E-state index in [0.717, 1.165) is 4.88 Å². The Morgan fingerprint density at radius 3 is 2.50 bits per heavy atom. The number of rotatable bonds is 10. The average Bonchev–Trinajstić information content (AvgIpc) is 3.36. The van der Waals surface area contributed by atoms with Crippen molar-refractivity contribution >= 4 is 49.7 Å². The maximum atomic E-state index is 12.7. The molecule has 2 heterocycles. The van der Waals surface area contributed by atoms with Gasteiger partial charge in [0.2, 0.25) is 10.0 Å². The lowest BCUT2D eigenvalue weighted by molar-refractivity contribution is -0.106. The van der Waals surface area contributed by atoms with Crippen LogP contribution in [0.1, 0.15) is 17.3 Å². The summed E-state index contributed by atoms with van der Waals surface area (Å²) in [5, 5.41) is 4.07. The number of alkyl halides is 3. The molecule has 1 unspecified atom stereocenters. The second kappa shape index (κ2) is 10.4. The number of benzene rings is 1. The molecule has 1 aromatic carbocycles. The molecule has 0 spiro atoms. The monoisotopic (exact) mass is 526 g/mol. The minimum Gasteiger partial charge on any atom is -0.748 e. The van der Waals surface area contributed by atoms with Crippen LogP contribution >= 0.6 is 22.7 Å². The molecule has 3 aromatic rings. The van der Waals surface area contributed by atoms with Gasteiger partial charge in [0.1, 0.15) is 16.4 Å². The van der Waals surface area contributed by atoms with Crippen molar-refractivity contribution in [3.8, 4) is 9.88 Å². The third kappa shape index (κ3) is 7.61. The van der Waals surface area contributed by atoms with Gasteiger partial charge in [-0.25, -0.2) is 22.3 Å². The van der Waals surface area contributed by atoms with E-state index in [-0.39, 0.29) is 12.1 Å². The molecule has 8 nitrogen and oxygen atoms in total. The fraction of sp³-hybridized carbons (Fsp3) is 0.235. The van der Waals surface area contributed by atoms with Crippen molar-refractivity contribution in [3.05, 3.63) is 58.4 Å². The zero-order valence-corrected chi connectivity index (χ0v) is 19.1. The Morgan fingerprint density at radius 2 is 1.91 bits per heavy atom. The minimum absolute atomic E-state index is 0.0132. The predicted molar refractivity (Wildman–Crippen MR) is 115 cm³/mol. The van der Waals surface area contributed by atoms with Crippen molar-refractivity contribution in [2.45, 2.75) is 18.6 Å². The molecule has 2 N–H and O–H groups in total. The molecule has 0 saturated carbocycles. The standard InChI is InChI=1S/C17H16F3N3O5S4/c18-17(19,20)10-32(26,27)23-13(14-9-30-16(21-14)15-2-1-7-29-15)8-11-3-5-12(6-4-11)22-28-31(24)25/h1-7,9,13,22-23H,8,10H2,(H,24,25)/p-1/t13-/m0/s1. The van der Waals surface area contributed by atoms with Crippen molar-refractivity contribution in [2.24, 2.45) is 0 Å². The quantitative estimate of drug-likeness (QED) is 0.305. The molecular formula is C17H15F3N3O5S4-. The molecule has 32 heavy (non-hydrogen) atoms. The van der Waals surface area contributed by atoms with Gasteiger partial charge in [0.15, 0.2) is 5.75 Å². The Labute approximate surface area is 192 Å². The topological polar surface area (TPSA) is 120 Å². The maximum absolute atomic E-state index is 12.7. The molecule has 0 bridgehead atoms. The van der Waals surface area contributed by atoms with Gasteiger partial charge in [0, 0.05) is 5.38 Å². The zero-order chi connectivity index (χ0) is 23.4. The molecular weight excluding hydrogens is 511 g/mol. The highest BCUT2D eigenvalue weighted by Gasteiger charge is 2.36. The lowest BCUT2D eigenvalue weighted by Gasteiger charge is -2.18. The number of aromatic nitrogens is 1. The summed E-state index contributed by atoms with van der Waals surface area (Å²) in [6.45, 7) is 0. The lowest BCUT2D eigenvalue weighted by atomic mass is 10.0. The summed E-state index contributed by atoms with van der Waals surface area (Å²) in [6.07, 6.45) is -4.88. The zero-order valence-electron chi connectivity index (χ0n) is 15.9. The van der Waals surface area contributed by atoms with Crippen LogP contribution in [-0.2, 0) is 32.1 Å². The number of nitrogens with zero attached hydrogens (tertiary/aromatic N) is 1. The molecule has 174 valence electrons. The van der Waals surface area contributed by atoms with E-state index in [0.29, 0.717) is 16.3 Å². The minimum atomic E-state index is -4.89. The molecule has 0 aliphatic rings. The summed E-state index contributed by atoms with van der Waals surface area (Å²) >= 11 is -0.0856. The van der Waals surface area contributed by atoms with Crippen molar-refractivity contribution < 1.29 is 34.6 Å². The second-order valence-electron chi connectivity index (χ2n) is 6.39. The highest BCUT2D eigenvalue weighted by molar-refractivity contribution is 7.89. The number of halogens is 3. The number of thiazole rings is 1. The van der Waals surface area contributed by atoms with Crippen LogP contribution in [0.2, 0.25) is 0 Å². The Kier molecular flexibility index (Phi) is 8.02. The highest BCUT2D eigenvalue weighted by Crippen LogP contribution is 2.31. The first-order valence-corrected chi connectivity index (χ1v) is 13.1. The molecule has 0 amide bonds. The summed E-state index contributed by atoms with van der Waals surface area (Å²) in [7, 11) is -4.69. The molecule has 2 atom stereocenters.